The SMILES string of the molecule is C#Cc1ccc(-c2nnc(N[C@@H]3CCCN(CC(F)F)C3)c(=O)n2C)c(O)c1. The minimum Gasteiger partial charge on any atom is -0.507 e. The highest BCUT2D eigenvalue weighted by Crippen LogP contribution is 2.27. The minimum absolute atomic E-state index is 0.0508. The third kappa shape index (κ3) is 4.28. The van der Waals surface area contributed by atoms with Gasteiger partial charge < -0.3 is 10.4 Å². The number of phenolic OH excluding ortho intramolecular Hbond substituents is 1. The molecule has 2 heterocycles. The van der Waals surface area contributed by atoms with E-state index in [0.717, 1.165) is 12.8 Å². The lowest BCUT2D eigenvalue weighted by Gasteiger charge is -2.32. The van der Waals surface area contributed by atoms with Crippen LogP contribution in [0.3, 0.4) is 0 Å². The van der Waals surface area contributed by atoms with E-state index < -0.39 is 12.0 Å². The van der Waals surface area contributed by atoms with Crippen molar-refractivity contribution in [2.45, 2.75) is 25.3 Å². The average Bonchev–Trinajstić information content (AvgIpc) is 2.66. The minimum atomic E-state index is -2.39. The number of rotatable bonds is 5. The summed E-state index contributed by atoms with van der Waals surface area (Å²) in [4.78, 5) is 14.4. The van der Waals surface area contributed by atoms with E-state index in [9.17, 15) is 18.7 Å². The number of halogens is 2. The maximum atomic E-state index is 12.7. The molecule has 0 amide bonds. The Bertz CT molecular complexity index is 954. The number of hydrogen-bond acceptors (Lipinski definition) is 6. The molecule has 1 aromatic heterocycles. The van der Waals surface area contributed by atoms with Gasteiger partial charge in [0.15, 0.2) is 5.82 Å². The number of anilines is 1. The number of benzene rings is 1. The lowest BCUT2D eigenvalue weighted by molar-refractivity contribution is 0.0761. The molecule has 148 valence electrons. The van der Waals surface area contributed by atoms with E-state index in [0.29, 0.717) is 24.2 Å². The normalized spacial score (nSPS) is 17.5. The van der Waals surface area contributed by atoms with Crippen molar-refractivity contribution in [3.05, 3.63) is 34.1 Å². The summed E-state index contributed by atoms with van der Waals surface area (Å²) in [5.41, 5.74) is 0.415. The van der Waals surface area contributed by atoms with Crippen LogP contribution in [0.4, 0.5) is 14.6 Å². The van der Waals surface area contributed by atoms with Gasteiger partial charge >= 0.3 is 0 Å². The van der Waals surface area contributed by atoms with Crippen LogP contribution < -0.4 is 10.9 Å². The van der Waals surface area contributed by atoms with E-state index in [1.807, 2.05) is 0 Å². The van der Waals surface area contributed by atoms with Crippen LogP contribution in [0.5, 0.6) is 5.75 Å². The van der Waals surface area contributed by atoms with Crippen molar-refractivity contribution in [2.75, 3.05) is 25.0 Å². The molecule has 0 spiro atoms. The largest absolute Gasteiger partial charge is 0.507 e. The van der Waals surface area contributed by atoms with Gasteiger partial charge in [0.05, 0.1) is 12.1 Å². The standard InChI is InChI=1S/C19H21F2N5O2/c1-3-12-6-7-14(15(27)9-12)18-24-23-17(19(28)25(18)2)22-13-5-4-8-26(10-13)11-16(20)21/h1,6-7,9,13,16,27H,4-5,8,10-11H2,2H3,(H,22,23)/t13-/m1/s1. The van der Waals surface area contributed by atoms with Gasteiger partial charge in [-0.3, -0.25) is 14.3 Å². The smallest absolute Gasteiger partial charge is 0.296 e. The molecular weight excluding hydrogens is 368 g/mol. The van der Waals surface area contributed by atoms with Gasteiger partial charge in [-0.2, -0.15) is 0 Å². The molecule has 1 aliphatic heterocycles. The van der Waals surface area contributed by atoms with Crippen LogP contribution in [0.2, 0.25) is 0 Å². The molecular formula is C19H21F2N5O2. The fourth-order valence-corrected chi connectivity index (χ4v) is 3.33. The van der Waals surface area contributed by atoms with Crippen LogP contribution in [0.15, 0.2) is 23.0 Å². The number of phenols is 1. The van der Waals surface area contributed by atoms with E-state index in [4.69, 9.17) is 6.42 Å². The Morgan fingerprint density at radius 2 is 2.21 bits per heavy atom. The van der Waals surface area contributed by atoms with E-state index in [-0.39, 0.29) is 30.0 Å². The van der Waals surface area contributed by atoms with E-state index in [1.165, 1.54) is 17.7 Å². The van der Waals surface area contributed by atoms with E-state index in [2.05, 4.69) is 21.4 Å². The number of nitrogens with zero attached hydrogens (tertiary/aromatic N) is 4. The van der Waals surface area contributed by atoms with Crippen molar-refractivity contribution < 1.29 is 13.9 Å². The van der Waals surface area contributed by atoms with Crippen LogP contribution in [-0.4, -0.2) is 56.9 Å². The first-order chi connectivity index (χ1) is 13.4. The Kier molecular flexibility index (Phi) is 5.90. The molecule has 1 saturated heterocycles. The molecule has 0 unspecified atom stereocenters. The van der Waals surface area contributed by atoms with Gasteiger partial charge in [0.25, 0.3) is 12.0 Å². The molecule has 9 heteroatoms. The molecule has 1 aliphatic rings. The summed E-state index contributed by atoms with van der Waals surface area (Å²) in [5, 5.41) is 21.2. The summed E-state index contributed by atoms with van der Waals surface area (Å²) in [6.07, 6.45) is 4.43. The van der Waals surface area contributed by atoms with Crippen molar-refractivity contribution in [1.29, 1.82) is 0 Å². The van der Waals surface area contributed by atoms with E-state index in [1.54, 1.807) is 17.0 Å². The zero-order valence-electron chi connectivity index (χ0n) is 15.4. The molecule has 0 aliphatic carbocycles. The van der Waals surface area contributed by atoms with Crippen molar-refractivity contribution in [3.8, 4) is 29.5 Å². The molecule has 3 rings (SSSR count). The maximum absolute atomic E-state index is 12.7. The number of piperidine rings is 1. The van der Waals surface area contributed by atoms with Crippen molar-refractivity contribution >= 4 is 5.82 Å². The number of aromatic hydroxyl groups is 1. The molecule has 0 radical (unpaired) electrons. The Labute approximate surface area is 161 Å². The summed E-state index contributed by atoms with van der Waals surface area (Å²) < 4.78 is 26.5. The highest BCUT2D eigenvalue weighted by atomic mass is 19.3. The zero-order chi connectivity index (χ0) is 20.3. The second-order valence-corrected chi connectivity index (χ2v) is 6.75. The number of alkyl halides is 2. The monoisotopic (exact) mass is 389 g/mol. The fourth-order valence-electron chi connectivity index (χ4n) is 3.33. The molecule has 1 atom stereocenters. The van der Waals surface area contributed by atoms with Crippen molar-refractivity contribution in [2.24, 2.45) is 7.05 Å². The summed E-state index contributed by atoms with van der Waals surface area (Å²) >= 11 is 0. The first-order valence-corrected chi connectivity index (χ1v) is 8.89. The third-order valence-corrected chi connectivity index (χ3v) is 4.72. The Morgan fingerprint density at radius 3 is 2.89 bits per heavy atom. The molecule has 0 bridgehead atoms. The Morgan fingerprint density at radius 1 is 1.43 bits per heavy atom. The Balaban J connectivity index is 1.81. The van der Waals surface area contributed by atoms with Crippen LogP contribution >= 0.6 is 0 Å². The molecule has 2 aromatic rings. The first kappa shape index (κ1) is 19.8. The maximum Gasteiger partial charge on any atom is 0.296 e. The lowest BCUT2D eigenvalue weighted by Crippen LogP contribution is -2.45. The van der Waals surface area contributed by atoms with Crippen molar-refractivity contribution in [3.63, 3.8) is 0 Å². The van der Waals surface area contributed by atoms with Crippen LogP contribution in [0.25, 0.3) is 11.4 Å². The first-order valence-electron chi connectivity index (χ1n) is 8.89. The van der Waals surface area contributed by atoms with Gasteiger partial charge in [0, 0.05) is 25.2 Å². The second kappa shape index (κ2) is 8.35. The molecule has 7 nitrogen and oxygen atoms in total. The number of nitrogens with one attached hydrogen (secondary N) is 1. The topological polar surface area (TPSA) is 83.3 Å². The predicted molar refractivity (Wildman–Crippen MR) is 101 cm³/mol. The number of aromatic nitrogens is 3. The molecule has 2 N–H and O–H groups in total. The third-order valence-electron chi connectivity index (χ3n) is 4.72. The summed E-state index contributed by atoms with van der Waals surface area (Å²) in [6, 6.07) is 4.45. The van der Waals surface area contributed by atoms with E-state index >= 15 is 0 Å². The van der Waals surface area contributed by atoms with Crippen LogP contribution in [-0.2, 0) is 7.05 Å². The van der Waals surface area contributed by atoms with Gasteiger partial charge in [0.1, 0.15) is 5.75 Å². The quantitative estimate of drug-likeness (QED) is 0.757. The van der Waals surface area contributed by atoms with Gasteiger partial charge in [-0.1, -0.05) is 5.92 Å². The average molecular weight is 389 g/mol. The summed E-state index contributed by atoms with van der Waals surface area (Å²) in [7, 11) is 1.52. The second-order valence-electron chi connectivity index (χ2n) is 6.75. The summed E-state index contributed by atoms with van der Waals surface area (Å²) in [6.45, 7) is 0.733. The molecule has 0 saturated carbocycles. The van der Waals surface area contributed by atoms with Gasteiger partial charge in [0.2, 0.25) is 5.82 Å². The highest BCUT2D eigenvalue weighted by Gasteiger charge is 2.24. The van der Waals surface area contributed by atoms with Crippen LogP contribution in [0, 0.1) is 12.3 Å². The fraction of sp³-hybridized carbons (Fsp3) is 0.421. The highest BCUT2D eigenvalue weighted by molar-refractivity contribution is 5.65. The van der Waals surface area contributed by atoms with Crippen molar-refractivity contribution in [1.82, 2.24) is 19.7 Å². The van der Waals surface area contributed by atoms with Gasteiger partial charge in [-0.15, -0.1) is 16.6 Å². The molecule has 1 aromatic carbocycles. The summed E-state index contributed by atoms with van der Waals surface area (Å²) in [5.74, 6) is 2.56. The number of terminal acetylenes is 1. The number of likely N-dealkylation sites (tertiary alicyclic amines) is 1. The van der Waals surface area contributed by atoms with Gasteiger partial charge in [-0.25, -0.2) is 8.78 Å². The molecule has 1 fully saturated rings. The van der Waals surface area contributed by atoms with Crippen LogP contribution in [0.1, 0.15) is 18.4 Å². The number of hydrogen-bond donors (Lipinski definition) is 2. The molecule has 28 heavy (non-hydrogen) atoms. The predicted octanol–water partition coefficient (Wildman–Crippen LogP) is 1.67. The Hall–Kier alpha value is -2.99. The van der Waals surface area contributed by atoms with Gasteiger partial charge in [-0.05, 0) is 37.6 Å². The lowest BCUT2D eigenvalue weighted by atomic mass is 10.1. The zero-order valence-corrected chi connectivity index (χ0v) is 15.4.